The first kappa shape index (κ1) is 21.3. The van der Waals surface area contributed by atoms with E-state index in [-0.39, 0.29) is 12.3 Å². The summed E-state index contributed by atoms with van der Waals surface area (Å²) in [5, 5.41) is 16.0. The van der Waals surface area contributed by atoms with E-state index in [1.165, 1.54) is 12.1 Å². The number of anilines is 1. The lowest BCUT2D eigenvalue weighted by Gasteiger charge is -2.46. The fourth-order valence-electron chi connectivity index (χ4n) is 4.18. The molecule has 4 rings (SSSR count). The minimum absolute atomic E-state index is 0.00436. The molecule has 5 atom stereocenters. The van der Waals surface area contributed by atoms with Crippen LogP contribution in [0.4, 0.5) is 23.7 Å². The summed E-state index contributed by atoms with van der Waals surface area (Å²) in [7, 11) is 2.02. The number of nitrogens with zero attached hydrogens (tertiary/aromatic N) is 2. The first-order valence-corrected chi connectivity index (χ1v) is 9.85. The van der Waals surface area contributed by atoms with E-state index in [0.717, 1.165) is 38.3 Å². The van der Waals surface area contributed by atoms with Crippen molar-refractivity contribution < 1.29 is 32.5 Å². The Morgan fingerprint density at radius 3 is 2.67 bits per heavy atom. The number of hydrogen-bond acceptors (Lipinski definition) is 6. The number of fused-ring (bicyclic) bond motifs is 2. The highest BCUT2D eigenvalue weighted by Gasteiger charge is 2.52. The summed E-state index contributed by atoms with van der Waals surface area (Å²) in [5.74, 6) is 0. The van der Waals surface area contributed by atoms with Crippen LogP contribution < -0.4 is 10.6 Å². The van der Waals surface area contributed by atoms with Crippen molar-refractivity contribution in [2.24, 2.45) is 0 Å². The van der Waals surface area contributed by atoms with Crippen LogP contribution in [-0.4, -0.2) is 91.4 Å². The number of alkyl halides is 3. The number of halogens is 3. The Morgan fingerprint density at radius 2 is 1.97 bits per heavy atom. The van der Waals surface area contributed by atoms with Gasteiger partial charge in [-0.15, -0.1) is 0 Å². The maximum atomic E-state index is 12.9. The van der Waals surface area contributed by atoms with Gasteiger partial charge >= 0.3 is 12.2 Å². The first-order chi connectivity index (χ1) is 14.2. The maximum absolute atomic E-state index is 12.9. The molecular weight excluding hydrogens is 405 g/mol. The van der Waals surface area contributed by atoms with Gasteiger partial charge in [-0.25, -0.2) is 4.79 Å². The predicted octanol–water partition coefficient (Wildman–Crippen LogP) is 0.928. The van der Waals surface area contributed by atoms with Crippen LogP contribution >= 0.6 is 0 Å². The summed E-state index contributed by atoms with van der Waals surface area (Å²) in [6.45, 7) is 3.37. The Bertz CT molecular complexity index is 772. The molecule has 0 aliphatic carbocycles. The lowest BCUT2D eigenvalue weighted by atomic mass is 9.94. The number of aliphatic hydroxyl groups is 1. The molecule has 30 heavy (non-hydrogen) atoms. The monoisotopic (exact) mass is 430 g/mol. The molecule has 0 aromatic heterocycles. The van der Waals surface area contributed by atoms with Gasteiger partial charge in [0.05, 0.1) is 30.4 Å². The minimum Gasteiger partial charge on any atom is -0.389 e. The molecule has 166 valence electrons. The third-order valence-electron chi connectivity index (χ3n) is 5.84. The molecule has 0 unspecified atom stereocenters. The van der Waals surface area contributed by atoms with Crippen molar-refractivity contribution in [3.8, 4) is 0 Å². The van der Waals surface area contributed by atoms with E-state index in [9.17, 15) is 23.1 Å². The number of benzene rings is 1. The van der Waals surface area contributed by atoms with Crippen LogP contribution in [0.15, 0.2) is 24.3 Å². The van der Waals surface area contributed by atoms with Crippen molar-refractivity contribution in [2.75, 3.05) is 45.2 Å². The number of carbonyl (C=O) groups excluding carboxylic acids is 1. The zero-order valence-electron chi connectivity index (χ0n) is 16.4. The van der Waals surface area contributed by atoms with Crippen molar-refractivity contribution in [1.82, 2.24) is 15.1 Å². The van der Waals surface area contributed by atoms with E-state index in [1.54, 1.807) is 0 Å². The standard InChI is InChI=1S/C19H25F3N4O4/c1-25-5-7-26(8-6-25)15-16(27)14(13-10-29-17(15)30-13)24-18(28)23-12-4-2-3-11(9-12)19(20,21)22/h2-4,9,13-17,27H,5-8,10H2,1H3,(H2,23,24,28)/t13-,14-,15-,16+,17-/m1/s1. The quantitative estimate of drug-likeness (QED) is 0.662. The van der Waals surface area contributed by atoms with Gasteiger partial charge in [0, 0.05) is 31.9 Å². The summed E-state index contributed by atoms with van der Waals surface area (Å²) in [4.78, 5) is 16.7. The van der Waals surface area contributed by atoms with Crippen molar-refractivity contribution in [1.29, 1.82) is 0 Å². The van der Waals surface area contributed by atoms with Crippen LogP contribution in [-0.2, 0) is 15.7 Å². The Hall–Kier alpha value is -1.92. The zero-order valence-corrected chi connectivity index (χ0v) is 16.4. The van der Waals surface area contributed by atoms with Gasteiger partial charge in [0.2, 0.25) is 0 Å². The van der Waals surface area contributed by atoms with Crippen molar-refractivity contribution >= 4 is 11.7 Å². The smallest absolute Gasteiger partial charge is 0.389 e. The van der Waals surface area contributed by atoms with Crippen LogP contribution in [0.2, 0.25) is 0 Å². The van der Waals surface area contributed by atoms with Gasteiger partial charge in [-0.3, -0.25) is 4.90 Å². The largest absolute Gasteiger partial charge is 0.416 e. The molecule has 3 aliphatic heterocycles. The average molecular weight is 430 g/mol. The molecule has 3 N–H and O–H groups in total. The van der Waals surface area contributed by atoms with Gasteiger partial charge in [0.25, 0.3) is 0 Å². The topological polar surface area (TPSA) is 86.3 Å². The molecular formula is C19H25F3N4O4. The predicted molar refractivity (Wildman–Crippen MR) is 101 cm³/mol. The van der Waals surface area contributed by atoms with Crippen molar-refractivity contribution in [2.45, 2.75) is 36.8 Å². The molecule has 3 saturated heterocycles. The summed E-state index contributed by atoms with van der Waals surface area (Å²) in [5.41, 5.74) is -0.854. The summed E-state index contributed by atoms with van der Waals surface area (Å²) in [6.07, 6.45) is -6.54. The molecule has 2 amide bonds. The molecule has 3 heterocycles. The summed E-state index contributed by atoms with van der Waals surface area (Å²) < 4.78 is 50.2. The number of piperazine rings is 1. The Morgan fingerprint density at radius 1 is 1.23 bits per heavy atom. The third-order valence-corrected chi connectivity index (χ3v) is 5.84. The van der Waals surface area contributed by atoms with Crippen molar-refractivity contribution in [3.63, 3.8) is 0 Å². The molecule has 0 saturated carbocycles. The number of ether oxygens (including phenoxy) is 2. The van der Waals surface area contributed by atoms with Crippen LogP contribution in [0.5, 0.6) is 0 Å². The summed E-state index contributed by atoms with van der Waals surface area (Å²) in [6, 6.07) is 2.47. The minimum atomic E-state index is -4.51. The number of hydrogen-bond donors (Lipinski definition) is 3. The average Bonchev–Trinajstić information content (AvgIpc) is 3.12. The molecule has 11 heteroatoms. The molecule has 8 nitrogen and oxygen atoms in total. The Kier molecular flexibility index (Phi) is 5.90. The maximum Gasteiger partial charge on any atom is 0.416 e. The summed E-state index contributed by atoms with van der Waals surface area (Å²) >= 11 is 0. The van der Waals surface area contributed by atoms with E-state index in [0.29, 0.717) is 0 Å². The number of rotatable bonds is 3. The van der Waals surface area contributed by atoms with E-state index < -0.39 is 48.4 Å². The molecule has 2 bridgehead atoms. The highest BCUT2D eigenvalue weighted by molar-refractivity contribution is 5.89. The Balaban J connectivity index is 1.42. The second kappa shape index (κ2) is 8.31. The number of carbonyl (C=O) groups is 1. The zero-order chi connectivity index (χ0) is 21.5. The van der Waals surface area contributed by atoms with Crippen LogP contribution in [0.1, 0.15) is 5.56 Å². The van der Waals surface area contributed by atoms with E-state index >= 15 is 0 Å². The number of nitrogens with one attached hydrogen (secondary N) is 2. The van der Waals surface area contributed by atoms with Gasteiger partial charge in [-0.2, -0.15) is 13.2 Å². The number of likely N-dealkylation sites (N-methyl/N-ethyl adjacent to an activating group) is 1. The molecule has 3 aliphatic rings. The number of amides is 2. The van der Waals surface area contributed by atoms with Gasteiger partial charge in [0.15, 0.2) is 6.29 Å². The molecule has 3 fully saturated rings. The first-order valence-electron chi connectivity index (χ1n) is 9.85. The molecule has 0 radical (unpaired) electrons. The van der Waals surface area contributed by atoms with Crippen LogP contribution in [0.3, 0.4) is 0 Å². The lowest BCUT2D eigenvalue weighted by molar-refractivity contribution is -0.184. The third kappa shape index (κ3) is 4.40. The highest BCUT2D eigenvalue weighted by atomic mass is 19.4. The number of aliphatic hydroxyl groups excluding tert-OH is 1. The highest BCUT2D eigenvalue weighted by Crippen LogP contribution is 2.33. The lowest BCUT2D eigenvalue weighted by Crippen LogP contribution is -2.67. The second-order valence-electron chi connectivity index (χ2n) is 7.90. The molecule has 1 aromatic carbocycles. The fraction of sp³-hybridized carbons (Fsp3) is 0.632. The SMILES string of the molecule is CN1CCN([C@H]2[C@@H]3OC[C@@H](O3)[C@@H](NC(=O)Nc3cccc(C(F)(F)F)c3)[C@@H]2O)CC1. The van der Waals surface area contributed by atoms with Gasteiger partial charge < -0.3 is 30.1 Å². The van der Waals surface area contributed by atoms with Gasteiger partial charge in [-0.05, 0) is 25.2 Å². The second-order valence-corrected chi connectivity index (χ2v) is 7.90. The van der Waals surface area contributed by atoms with E-state index in [1.807, 2.05) is 7.05 Å². The van der Waals surface area contributed by atoms with Crippen LogP contribution in [0, 0.1) is 0 Å². The van der Waals surface area contributed by atoms with Crippen LogP contribution in [0.25, 0.3) is 0 Å². The molecule has 0 spiro atoms. The normalized spacial score (nSPS) is 32.8. The molecule has 1 aromatic rings. The van der Waals surface area contributed by atoms with Gasteiger partial charge in [-0.1, -0.05) is 6.07 Å². The van der Waals surface area contributed by atoms with Crippen molar-refractivity contribution in [3.05, 3.63) is 29.8 Å². The van der Waals surface area contributed by atoms with Gasteiger partial charge in [0.1, 0.15) is 6.10 Å². The van der Waals surface area contributed by atoms with E-state index in [4.69, 9.17) is 9.47 Å². The Labute approximate surface area is 171 Å². The fourth-order valence-corrected chi connectivity index (χ4v) is 4.18. The van der Waals surface area contributed by atoms with E-state index in [2.05, 4.69) is 20.4 Å². The number of urea groups is 1.